The zero-order chi connectivity index (χ0) is 9.38. The van der Waals surface area contributed by atoms with E-state index in [1.165, 1.54) is 19.5 Å². The average molecular weight is 234 g/mol. The van der Waals surface area contributed by atoms with Crippen LogP contribution in [0.2, 0.25) is 0 Å². The zero-order valence-corrected chi connectivity index (χ0v) is 9.64. The SMILES string of the molecule is C1=CSC=1c1ccc(-c2cccs2)s1. The molecule has 0 nitrogen and oxygen atoms in total. The van der Waals surface area contributed by atoms with Crippen molar-refractivity contribution in [2.24, 2.45) is 0 Å². The quantitative estimate of drug-likeness (QED) is 0.680. The second-order valence-electron chi connectivity index (χ2n) is 2.85. The van der Waals surface area contributed by atoms with Crippen LogP contribution in [0, 0.1) is 0 Å². The van der Waals surface area contributed by atoms with E-state index in [0.717, 1.165) is 0 Å². The molecule has 1 aliphatic heterocycles. The number of thiophene rings is 2. The summed E-state index contributed by atoms with van der Waals surface area (Å²) in [4.78, 5) is 5.32. The Morgan fingerprint density at radius 2 is 1.86 bits per heavy atom. The molecule has 0 unspecified atom stereocenters. The van der Waals surface area contributed by atoms with Crippen LogP contribution < -0.4 is 0 Å². The van der Waals surface area contributed by atoms with Crippen molar-refractivity contribution >= 4 is 39.3 Å². The molecule has 0 spiro atoms. The summed E-state index contributed by atoms with van der Waals surface area (Å²) in [7, 11) is 0. The lowest BCUT2D eigenvalue weighted by Gasteiger charge is -2.01. The summed E-state index contributed by atoms with van der Waals surface area (Å²) in [6, 6.07) is 8.64. The minimum Gasteiger partial charge on any atom is -0.143 e. The molecule has 3 heterocycles. The van der Waals surface area contributed by atoms with Gasteiger partial charge in [0.15, 0.2) is 0 Å². The van der Waals surface area contributed by atoms with Crippen molar-refractivity contribution < 1.29 is 0 Å². The number of hydrogen-bond acceptors (Lipinski definition) is 3. The fraction of sp³-hybridized carbons (Fsp3) is 0. The lowest BCUT2D eigenvalue weighted by molar-refractivity contribution is 1.90. The van der Waals surface area contributed by atoms with Crippen LogP contribution in [-0.4, -0.2) is 0 Å². The Kier molecular flexibility index (Phi) is 2.11. The van der Waals surface area contributed by atoms with E-state index in [0.29, 0.717) is 0 Å². The van der Waals surface area contributed by atoms with Crippen LogP contribution in [0.15, 0.2) is 40.8 Å². The molecule has 0 aromatic carbocycles. The molecule has 1 aliphatic rings. The van der Waals surface area contributed by atoms with Gasteiger partial charge in [-0.15, -0.1) is 22.7 Å². The van der Waals surface area contributed by atoms with Crippen LogP contribution in [0.25, 0.3) is 14.7 Å². The van der Waals surface area contributed by atoms with E-state index >= 15 is 0 Å². The number of rotatable bonds is 2. The second kappa shape index (κ2) is 3.44. The highest BCUT2D eigenvalue weighted by Crippen LogP contribution is 2.40. The highest BCUT2D eigenvalue weighted by molar-refractivity contribution is 8.12. The molecule has 2 aromatic heterocycles. The molecule has 0 N–H and O–H groups in total. The molecule has 2 aromatic rings. The van der Waals surface area contributed by atoms with Crippen molar-refractivity contribution in [1.82, 2.24) is 0 Å². The zero-order valence-electron chi connectivity index (χ0n) is 7.19. The molecule has 0 fully saturated rings. The lowest BCUT2D eigenvalue weighted by atomic mass is 10.3. The molecule has 0 saturated carbocycles. The minimum absolute atomic E-state index is 1.28. The highest BCUT2D eigenvalue weighted by Gasteiger charge is 2.09. The van der Waals surface area contributed by atoms with E-state index in [9.17, 15) is 0 Å². The third-order valence-corrected chi connectivity index (χ3v) is 5.07. The van der Waals surface area contributed by atoms with Crippen molar-refractivity contribution in [3.8, 4) is 9.75 Å². The summed E-state index contributed by atoms with van der Waals surface area (Å²) in [5.74, 6) is 0. The maximum absolute atomic E-state index is 3.19. The second-order valence-corrected chi connectivity index (χ2v) is 5.76. The Hall–Kier alpha value is -0.730. The van der Waals surface area contributed by atoms with Gasteiger partial charge in [-0.25, -0.2) is 0 Å². The van der Waals surface area contributed by atoms with E-state index in [1.54, 1.807) is 23.1 Å². The van der Waals surface area contributed by atoms with E-state index in [1.807, 2.05) is 16.7 Å². The summed E-state index contributed by atoms with van der Waals surface area (Å²) in [6.45, 7) is 0. The predicted octanol–water partition coefficient (Wildman–Crippen LogP) is 4.68. The fourth-order valence-corrected chi connectivity index (χ4v) is 3.69. The van der Waals surface area contributed by atoms with Gasteiger partial charge in [-0.1, -0.05) is 23.6 Å². The van der Waals surface area contributed by atoms with Crippen LogP contribution in [0.3, 0.4) is 0 Å². The van der Waals surface area contributed by atoms with Gasteiger partial charge in [-0.2, -0.15) is 0 Å². The van der Waals surface area contributed by atoms with Crippen molar-refractivity contribution in [3.05, 3.63) is 45.7 Å². The van der Waals surface area contributed by atoms with Crippen molar-refractivity contribution in [2.45, 2.75) is 0 Å². The Labute approximate surface area is 94.6 Å². The highest BCUT2D eigenvalue weighted by atomic mass is 32.2. The van der Waals surface area contributed by atoms with Gasteiger partial charge in [0.2, 0.25) is 0 Å². The predicted molar refractivity (Wildman–Crippen MR) is 66.7 cm³/mol. The average Bonchev–Trinajstić information content (AvgIpc) is 2.65. The van der Waals surface area contributed by atoms with E-state index in [-0.39, 0.29) is 0 Å². The smallest absolute Gasteiger partial charge is 0.0719 e. The van der Waals surface area contributed by atoms with Gasteiger partial charge in [0, 0.05) is 20.0 Å². The lowest BCUT2D eigenvalue weighted by Crippen LogP contribution is -1.72. The van der Waals surface area contributed by atoms with Gasteiger partial charge < -0.3 is 0 Å². The topological polar surface area (TPSA) is 0 Å². The first-order chi connectivity index (χ1) is 6.93. The van der Waals surface area contributed by atoms with Gasteiger partial charge in [0.05, 0.1) is 4.91 Å². The fourth-order valence-electron chi connectivity index (χ4n) is 1.26. The van der Waals surface area contributed by atoms with Crippen LogP contribution in [-0.2, 0) is 0 Å². The molecule has 0 amide bonds. The Bertz CT molecular complexity index is 510. The number of thioether (sulfide) groups is 1. The maximum atomic E-state index is 3.19. The Morgan fingerprint density at radius 3 is 2.50 bits per heavy atom. The van der Waals surface area contributed by atoms with Crippen LogP contribution in [0.4, 0.5) is 0 Å². The van der Waals surface area contributed by atoms with Crippen LogP contribution in [0.5, 0.6) is 0 Å². The molecule has 0 bridgehead atoms. The summed E-state index contributed by atoms with van der Waals surface area (Å²) in [5, 5.41) is 4.12. The van der Waals surface area contributed by atoms with Crippen molar-refractivity contribution in [1.29, 1.82) is 0 Å². The standard InChI is InChI=1S/C11H6S3/c1-2-8(12-6-1)10-3-4-11(14-10)9-5-7-13-9/h1-4,6-7H. The monoisotopic (exact) mass is 234 g/mol. The van der Waals surface area contributed by atoms with E-state index in [2.05, 4.69) is 35.4 Å². The minimum atomic E-state index is 1.28. The molecule has 0 atom stereocenters. The van der Waals surface area contributed by atoms with Crippen LogP contribution >= 0.6 is 34.4 Å². The van der Waals surface area contributed by atoms with Gasteiger partial charge in [0.1, 0.15) is 0 Å². The molecular formula is C11H6S3. The van der Waals surface area contributed by atoms with E-state index < -0.39 is 0 Å². The Morgan fingerprint density at radius 1 is 1.00 bits per heavy atom. The summed E-state index contributed by atoms with van der Waals surface area (Å²) in [6.07, 6.45) is 0. The molecule has 14 heavy (non-hydrogen) atoms. The number of hydrogen-bond donors (Lipinski definition) is 0. The first kappa shape index (κ1) is 8.57. The Balaban J connectivity index is 2.02. The van der Waals surface area contributed by atoms with Gasteiger partial charge in [0.25, 0.3) is 0 Å². The summed E-state index contributed by atoms with van der Waals surface area (Å²) < 4.78 is 0. The van der Waals surface area contributed by atoms with Crippen LogP contribution in [0.1, 0.15) is 4.88 Å². The van der Waals surface area contributed by atoms with E-state index in [4.69, 9.17) is 0 Å². The first-order valence-corrected chi connectivity index (χ1v) is 6.77. The van der Waals surface area contributed by atoms with Crippen molar-refractivity contribution in [3.63, 3.8) is 0 Å². The third kappa shape index (κ3) is 1.39. The van der Waals surface area contributed by atoms with Crippen molar-refractivity contribution in [2.75, 3.05) is 0 Å². The molecule has 3 heteroatoms. The first-order valence-electron chi connectivity index (χ1n) is 4.19. The molecule has 0 saturated heterocycles. The molecule has 68 valence electrons. The molecule has 0 radical (unpaired) electrons. The maximum Gasteiger partial charge on any atom is 0.0719 e. The van der Waals surface area contributed by atoms with Gasteiger partial charge in [-0.05, 0) is 23.6 Å². The normalized spacial score (nSPS) is 13.9. The molecular weight excluding hydrogens is 228 g/mol. The molecule has 3 rings (SSSR count). The van der Waals surface area contributed by atoms with Gasteiger partial charge in [-0.3, -0.25) is 0 Å². The largest absolute Gasteiger partial charge is 0.143 e. The molecule has 0 aliphatic carbocycles. The van der Waals surface area contributed by atoms with Gasteiger partial charge >= 0.3 is 0 Å². The summed E-state index contributed by atoms with van der Waals surface area (Å²) >= 11 is 5.40. The third-order valence-electron chi connectivity index (χ3n) is 1.96. The summed E-state index contributed by atoms with van der Waals surface area (Å²) in [5.41, 5.74) is 3.19.